The quantitative estimate of drug-likeness (QED) is 0.280. The third-order valence-electron chi connectivity index (χ3n) is 7.84. The van der Waals surface area contributed by atoms with Gasteiger partial charge in [0.15, 0.2) is 0 Å². The maximum Gasteiger partial charge on any atom is 0.201 e. The number of hydrogen-bond acceptors (Lipinski definition) is 8. The predicted molar refractivity (Wildman–Crippen MR) is 146 cm³/mol. The van der Waals surface area contributed by atoms with Gasteiger partial charge in [-0.2, -0.15) is 0 Å². The van der Waals surface area contributed by atoms with Gasteiger partial charge in [-0.3, -0.25) is 9.59 Å². The number of phenolic OH excluding ortho intramolecular Hbond substituents is 4. The van der Waals surface area contributed by atoms with Crippen molar-refractivity contribution >= 4 is 11.6 Å². The molecule has 2 aliphatic carbocycles. The summed E-state index contributed by atoms with van der Waals surface area (Å²) in [5.41, 5.74) is 3.87. The Kier molecular flexibility index (Phi) is 5.55. The van der Waals surface area contributed by atoms with Crippen LogP contribution in [0.4, 0.5) is 0 Å². The molecule has 4 N–H and O–H groups in total. The summed E-state index contributed by atoms with van der Waals surface area (Å²) < 4.78 is 11.2. The van der Waals surface area contributed by atoms with Crippen molar-refractivity contribution in [2.45, 2.75) is 25.7 Å². The minimum absolute atomic E-state index is 0.00134. The van der Waals surface area contributed by atoms with Crippen LogP contribution in [-0.2, 0) is 0 Å². The molecule has 0 aliphatic heterocycles. The minimum Gasteiger partial charge on any atom is -0.508 e. The number of hydrogen-bond donors (Lipinski definition) is 4. The van der Waals surface area contributed by atoms with Crippen LogP contribution in [0.1, 0.15) is 77.1 Å². The first-order valence-electron chi connectivity index (χ1n) is 12.6. The van der Waals surface area contributed by atoms with E-state index in [2.05, 4.69) is 0 Å². The minimum atomic E-state index is -0.757. The summed E-state index contributed by atoms with van der Waals surface area (Å²) in [4.78, 5) is 27.8. The molecule has 2 aliphatic rings. The zero-order valence-corrected chi connectivity index (χ0v) is 22.2. The van der Waals surface area contributed by atoms with Crippen molar-refractivity contribution in [1.29, 1.82) is 0 Å². The number of phenols is 4. The lowest BCUT2D eigenvalue weighted by atomic mass is 9.63. The summed E-state index contributed by atoms with van der Waals surface area (Å²) in [5, 5.41) is 43.0. The average Bonchev–Trinajstić information content (AvgIpc) is 2.88. The van der Waals surface area contributed by atoms with Gasteiger partial charge in [-0.05, 0) is 71.5 Å². The van der Waals surface area contributed by atoms with E-state index < -0.39 is 34.9 Å². The molecule has 0 saturated carbocycles. The Morgan fingerprint density at radius 2 is 0.875 bits per heavy atom. The molecule has 0 aromatic heterocycles. The zero-order chi connectivity index (χ0) is 28.6. The summed E-state index contributed by atoms with van der Waals surface area (Å²) in [6.07, 6.45) is 0. The molecule has 4 aromatic rings. The van der Waals surface area contributed by atoms with Gasteiger partial charge < -0.3 is 29.9 Å². The lowest BCUT2D eigenvalue weighted by Gasteiger charge is -2.39. The van der Waals surface area contributed by atoms with E-state index in [0.717, 1.165) is 23.3 Å². The van der Waals surface area contributed by atoms with E-state index in [9.17, 15) is 30.0 Å². The van der Waals surface area contributed by atoms with E-state index in [4.69, 9.17) is 9.47 Å². The Balaban J connectivity index is 1.81. The highest BCUT2D eigenvalue weighted by Gasteiger charge is 2.46. The van der Waals surface area contributed by atoms with E-state index >= 15 is 0 Å². The van der Waals surface area contributed by atoms with Crippen LogP contribution in [0.2, 0.25) is 0 Å². The van der Waals surface area contributed by atoms with Crippen LogP contribution in [0.3, 0.4) is 0 Å². The Morgan fingerprint density at radius 1 is 0.525 bits per heavy atom. The first-order chi connectivity index (χ1) is 19.0. The second-order valence-electron chi connectivity index (χ2n) is 10.3. The normalized spacial score (nSPS) is 17.0. The molecule has 202 valence electrons. The second kappa shape index (κ2) is 8.77. The number of ketones is 2. The van der Waals surface area contributed by atoms with Crippen LogP contribution >= 0.6 is 0 Å². The van der Waals surface area contributed by atoms with Crippen LogP contribution < -0.4 is 9.47 Å². The number of fused-ring (bicyclic) bond motifs is 4. The van der Waals surface area contributed by atoms with Gasteiger partial charge in [0.1, 0.15) is 34.5 Å². The fraction of sp³-hybridized carbons (Fsp3) is 0.188. The summed E-state index contributed by atoms with van der Waals surface area (Å²) in [7, 11) is 2.91. The summed E-state index contributed by atoms with van der Waals surface area (Å²) in [6.45, 7) is 3.72. The number of carbonyl (C=O) groups excluding carboxylic acids is 2. The van der Waals surface area contributed by atoms with Gasteiger partial charge >= 0.3 is 0 Å². The highest BCUT2D eigenvalue weighted by atomic mass is 16.5. The van der Waals surface area contributed by atoms with Crippen LogP contribution in [0.5, 0.6) is 34.5 Å². The largest absolute Gasteiger partial charge is 0.508 e. The van der Waals surface area contributed by atoms with Crippen molar-refractivity contribution in [3.8, 4) is 34.5 Å². The van der Waals surface area contributed by atoms with Crippen LogP contribution in [0, 0.1) is 13.8 Å². The van der Waals surface area contributed by atoms with Gasteiger partial charge in [0.05, 0.1) is 36.5 Å². The van der Waals surface area contributed by atoms with Crippen LogP contribution in [-0.4, -0.2) is 46.2 Å². The van der Waals surface area contributed by atoms with E-state index in [-0.39, 0.29) is 33.8 Å². The molecule has 0 spiro atoms. The van der Waals surface area contributed by atoms with Crippen molar-refractivity contribution < 1.29 is 39.5 Å². The average molecular weight is 539 g/mol. The van der Waals surface area contributed by atoms with Crippen LogP contribution in [0.15, 0.2) is 48.5 Å². The first kappa shape index (κ1) is 25.3. The number of aromatic hydroxyl groups is 4. The zero-order valence-electron chi connectivity index (χ0n) is 22.2. The Morgan fingerprint density at radius 3 is 1.23 bits per heavy atom. The highest BCUT2D eigenvalue weighted by Crippen LogP contribution is 2.57. The summed E-state index contributed by atoms with van der Waals surface area (Å²) in [6, 6.07) is 12.2. The SMILES string of the molecule is COc1cc(C)cc2c1C(=O)c1c(O)cc(O)cc1[C@H]2[C@H]1c2cc(O)cc(O)c2C(=O)c2c(OC)cc(C)cc21. The lowest BCUT2D eigenvalue weighted by molar-refractivity contribution is 0.101. The molecule has 6 rings (SSSR count). The van der Waals surface area contributed by atoms with Gasteiger partial charge in [-0.15, -0.1) is 0 Å². The number of ether oxygens (including phenoxy) is 2. The van der Waals surface area contributed by atoms with Crippen molar-refractivity contribution in [2.24, 2.45) is 0 Å². The molecule has 0 saturated heterocycles. The standard InChI is InChI=1S/C32H26O8/c1-13-5-17-25(19-9-15(33)11-21(35)27(19)31(37)29(17)23(7-13)39-3)26-18-6-14(2)8-24(40-4)30(18)32(38)28-20(26)10-16(34)12-22(28)36/h5-12,25-26,33-36H,1-4H3/t25-,26+. The molecule has 0 fully saturated rings. The van der Waals surface area contributed by atoms with Gasteiger partial charge in [0, 0.05) is 24.0 Å². The molecule has 4 aromatic carbocycles. The van der Waals surface area contributed by atoms with E-state index in [0.29, 0.717) is 33.8 Å². The van der Waals surface area contributed by atoms with Crippen molar-refractivity contribution in [1.82, 2.24) is 0 Å². The number of carbonyl (C=O) groups is 2. The first-order valence-corrected chi connectivity index (χ1v) is 12.6. The molecule has 40 heavy (non-hydrogen) atoms. The molecular weight excluding hydrogens is 512 g/mol. The highest BCUT2D eigenvalue weighted by molar-refractivity contribution is 6.18. The Labute approximate surface area is 229 Å². The molecular formula is C32H26O8. The van der Waals surface area contributed by atoms with Crippen molar-refractivity contribution in [3.63, 3.8) is 0 Å². The third-order valence-corrected chi connectivity index (χ3v) is 7.84. The Bertz CT molecular complexity index is 1650. The summed E-state index contributed by atoms with van der Waals surface area (Å²) in [5.74, 6) is -3.10. The molecule has 0 heterocycles. The Hall–Kier alpha value is -4.98. The smallest absolute Gasteiger partial charge is 0.201 e. The number of methoxy groups -OCH3 is 2. The molecule has 8 nitrogen and oxygen atoms in total. The lowest BCUT2D eigenvalue weighted by Crippen LogP contribution is -2.30. The molecule has 0 unspecified atom stereocenters. The van der Waals surface area contributed by atoms with Crippen LogP contribution in [0.25, 0.3) is 0 Å². The molecule has 2 atom stereocenters. The topological polar surface area (TPSA) is 134 Å². The maximum atomic E-state index is 13.9. The fourth-order valence-corrected chi connectivity index (χ4v) is 6.41. The second-order valence-corrected chi connectivity index (χ2v) is 10.3. The molecule has 0 radical (unpaired) electrons. The maximum absolute atomic E-state index is 13.9. The van der Waals surface area contributed by atoms with E-state index in [1.807, 2.05) is 26.0 Å². The molecule has 0 amide bonds. The number of rotatable bonds is 3. The van der Waals surface area contributed by atoms with Gasteiger partial charge in [0.2, 0.25) is 11.6 Å². The third kappa shape index (κ3) is 3.45. The molecule has 8 heteroatoms. The van der Waals surface area contributed by atoms with Crippen molar-refractivity contribution in [2.75, 3.05) is 14.2 Å². The monoisotopic (exact) mass is 538 g/mol. The van der Waals surface area contributed by atoms with Gasteiger partial charge in [-0.1, -0.05) is 12.1 Å². The van der Waals surface area contributed by atoms with Gasteiger partial charge in [0.25, 0.3) is 0 Å². The molecule has 0 bridgehead atoms. The van der Waals surface area contributed by atoms with Crippen molar-refractivity contribution in [3.05, 3.63) is 104 Å². The van der Waals surface area contributed by atoms with Gasteiger partial charge in [-0.25, -0.2) is 0 Å². The fourth-order valence-electron chi connectivity index (χ4n) is 6.41. The number of aryl methyl sites for hydroxylation is 2. The predicted octanol–water partition coefficient (Wildman–Crippen LogP) is 5.20. The summed E-state index contributed by atoms with van der Waals surface area (Å²) >= 11 is 0. The van der Waals surface area contributed by atoms with E-state index in [1.54, 1.807) is 12.1 Å². The number of benzene rings is 4. The van der Waals surface area contributed by atoms with E-state index in [1.165, 1.54) is 26.4 Å².